The summed E-state index contributed by atoms with van der Waals surface area (Å²) in [5.74, 6) is -0.670. The van der Waals surface area contributed by atoms with Gasteiger partial charge < -0.3 is 10.4 Å². The van der Waals surface area contributed by atoms with Gasteiger partial charge in [0, 0.05) is 16.7 Å². The maximum Gasteiger partial charge on any atom is 0.418 e. The van der Waals surface area contributed by atoms with Gasteiger partial charge in [0.15, 0.2) is 5.11 Å². The van der Waals surface area contributed by atoms with E-state index in [1.807, 2.05) is 0 Å². The van der Waals surface area contributed by atoms with Crippen LogP contribution in [0.25, 0.3) is 0 Å². The first-order valence-electron chi connectivity index (χ1n) is 7.02. The number of nitrogens with zero attached hydrogens (tertiary/aromatic N) is 2. The van der Waals surface area contributed by atoms with Crippen molar-refractivity contribution in [2.24, 2.45) is 5.10 Å². The van der Waals surface area contributed by atoms with Gasteiger partial charge in [-0.25, -0.2) is 0 Å². The number of phenols is 1. The number of halogens is 4. The van der Waals surface area contributed by atoms with E-state index in [0.29, 0.717) is 0 Å². The molecule has 2 aromatic rings. The van der Waals surface area contributed by atoms with Crippen molar-refractivity contribution in [3.63, 3.8) is 0 Å². The molecule has 0 saturated heterocycles. The van der Waals surface area contributed by atoms with E-state index in [1.165, 1.54) is 24.3 Å². The summed E-state index contributed by atoms with van der Waals surface area (Å²) in [4.78, 5) is 10.0. The lowest BCUT2D eigenvalue weighted by Crippen LogP contribution is -2.25. The number of aromatic hydroxyl groups is 1. The summed E-state index contributed by atoms with van der Waals surface area (Å²) in [6, 6.07) is 6.88. The maximum absolute atomic E-state index is 12.9. The van der Waals surface area contributed by atoms with Crippen LogP contribution in [0.1, 0.15) is 11.1 Å². The quantitative estimate of drug-likeness (QED) is 0.296. The number of thiocarbonyl (C=S) groups is 1. The molecule has 0 heterocycles. The zero-order chi connectivity index (χ0) is 20.2. The summed E-state index contributed by atoms with van der Waals surface area (Å²) in [5, 5.41) is 26.3. The normalized spacial score (nSPS) is 11.4. The number of para-hydroxylation sites is 1. The molecule has 0 aromatic heterocycles. The van der Waals surface area contributed by atoms with Gasteiger partial charge in [-0.2, -0.15) is 18.3 Å². The fraction of sp³-hybridized carbons (Fsp3) is 0.0667. The molecule has 142 valence electrons. The van der Waals surface area contributed by atoms with Crippen molar-refractivity contribution in [2.45, 2.75) is 6.18 Å². The molecule has 3 N–H and O–H groups in total. The number of rotatable bonds is 4. The Morgan fingerprint density at radius 3 is 2.63 bits per heavy atom. The molecule has 2 rings (SSSR count). The number of benzene rings is 2. The highest BCUT2D eigenvalue weighted by molar-refractivity contribution is 7.80. The highest BCUT2D eigenvalue weighted by Gasteiger charge is 2.33. The van der Waals surface area contributed by atoms with Crippen molar-refractivity contribution in [3.8, 4) is 5.75 Å². The fourth-order valence-electron chi connectivity index (χ4n) is 1.99. The van der Waals surface area contributed by atoms with Crippen molar-refractivity contribution >= 4 is 46.5 Å². The predicted octanol–water partition coefficient (Wildman–Crippen LogP) is 4.29. The molecule has 0 saturated carbocycles. The van der Waals surface area contributed by atoms with E-state index < -0.39 is 28.1 Å². The van der Waals surface area contributed by atoms with Gasteiger partial charge in [0.05, 0.1) is 22.4 Å². The van der Waals surface area contributed by atoms with E-state index in [2.05, 4.69) is 15.8 Å². The van der Waals surface area contributed by atoms with Crippen LogP contribution in [0.2, 0.25) is 5.02 Å². The van der Waals surface area contributed by atoms with Gasteiger partial charge in [-0.15, -0.1) is 0 Å². The van der Waals surface area contributed by atoms with Crippen LogP contribution in [0.4, 0.5) is 24.5 Å². The van der Waals surface area contributed by atoms with E-state index in [0.717, 1.165) is 18.3 Å². The third-order valence-corrected chi connectivity index (χ3v) is 3.54. The summed E-state index contributed by atoms with van der Waals surface area (Å²) >= 11 is 10.6. The number of hydrazone groups is 1. The van der Waals surface area contributed by atoms with E-state index in [1.54, 1.807) is 0 Å². The molecule has 0 atom stereocenters. The summed E-state index contributed by atoms with van der Waals surface area (Å²) in [6.45, 7) is 0. The Hall–Kier alpha value is -2.92. The first kappa shape index (κ1) is 20.4. The van der Waals surface area contributed by atoms with Crippen LogP contribution in [0.3, 0.4) is 0 Å². The van der Waals surface area contributed by atoms with Crippen molar-refractivity contribution in [1.29, 1.82) is 0 Å². The Morgan fingerprint density at radius 2 is 2.00 bits per heavy atom. The van der Waals surface area contributed by atoms with Gasteiger partial charge >= 0.3 is 11.9 Å². The van der Waals surface area contributed by atoms with Gasteiger partial charge in [-0.3, -0.25) is 15.5 Å². The second-order valence-electron chi connectivity index (χ2n) is 4.99. The number of phenolic OH excluding ortho intramolecular Hbond substituents is 1. The summed E-state index contributed by atoms with van der Waals surface area (Å²) in [6.07, 6.45) is -3.59. The third-order valence-electron chi connectivity index (χ3n) is 3.13. The van der Waals surface area contributed by atoms with Crippen LogP contribution in [-0.2, 0) is 6.18 Å². The molecule has 0 aliphatic carbocycles. The molecule has 0 aliphatic rings. The average Bonchev–Trinajstić information content (AvgIpc) is 2.57. The van der Waals surface area contributed by atoms with E-state index in [9.17, 15) is 28.4 Å². The zero-order valence-electron chi connectivity index (χ0n) is 13.1. The zero-order valence-corrected chi connectivity index (χ0v) is 14.7. The lowest BCUT2D eigenvalue weighted by atomic mass is 10.2. The largest absolute Gasteiger partial charge is 0.502 e. The van der Waals surface area contributed by atoms with E-state index in [-0.39, 0.29) is 21.4 Å². The predicted molar refractivity (Wildman–Crippen MR) is 98.2 cm³/mol. The number of nitro benzene ring substituents is 1. The molecule has 7 nitrogen and oxygen atoms in total. The van der Waals surface area contributed by atoms with Gasteiger partial charge in [0.25, 0.3) is 0 Å². The van der Waals surface area contributed by atoms with Gasteiger partial charge in [-0.1, -0.05) is 23.7 Å². The lowest BCUT2D eigenvalue weighted by Gasteiger charge is -2.14. The van der Waals surface area contributed by atoms with Crippen LogP contribution >= 0.6 is 23.8 Å². The number of nitro groups is 1. The Morgan fingerprint density at radius 1 is 1.33 bits per heavy atom. The number of nitrogens with one attached hydrogen (secondary N) is 2. The first-order valence-corrected chi connectivity index (χ1v) is 7.81. The molecular weight excluding hydrogens is 409 g/mol. The van der Waals surface area contributed by atoms with Crippen molar-refractivity contribution < 1.29 is 23.2 Å². The maximum atomic E-state index is 12.9. The summed E-state index contributed by atoms with van der Waals surface area (Å²) in [7, 11) is 0. The average molecular weight is 419 g/mol. The first-order chi connectivity index (χ1) is 12.6. The standard InChI is InChI=1S/C15H10ClF3N4O3S/c16-9-5-8(13(24)12(6-9)23(25)26)7-20-22-14(27)21-11-4-2-1-3-10(11)15(17,18)19/h1-7,24H,(H2,21,22,27)/b20-7-. The number of anilines is 1. The number of hydrogen-bond donors (Lipinski definition) is 3. The Labute approximate surface area is 160 Å². The molecular formula is C15H10ClF3N4O3S. The molecule has 0 fully saturated rings. The van der Waals surface area contributed by atoms with Crippen molar-refractivity contribution in [1.82, 2.24) is 5.43 Å². The van der Waals surface area contributed by atoms with Crippen LogP contribution in [0.15, 0.2) is 41.5 Å². The second kappa shape index (κ2) is 8.18. The highest BCUT2D eigenvalue weighted by Crippen LogP contribution is 2.34. The van der Waals surface area contributed by atoms with Gasteiger partial charge in [0.2, 0.25) is 5.75 Å². The molecule has 0 radical (unpaired) electrons. The monoisotopic (exact) mass is 418 g/mol. The summed E-state index contributed by atoms with van der Waals surface area (Å²) in [5.41, 5.74) is 0.353. The summed E-state index contributed by atoms with van der Waals surface area (Å²) < 4.78 is 38.8. The molecule has 27 heavy (non-hydrogen) atoms. The van der Waals surface area contributed by atoms with Crippen molar-refractivity contribution in [3.05, 3.63) is 62.7 Å². The SMILES string of the molecule is O=[N+]([O-])c1cc(Cl)cc(/C=N\NC(=S)Nc2ccccc2C(F)(F)F)c1O. The van der Waals surface area contributed by atoms with Gasteiger partial charge in [-0.05, 0) is 30.4 Å². The minimum absolute atomic E-state index is 0.0132. The topological polar surface area (TPSA) is 99.8 Å². The Kier molecular flexibility index (Phi) is 6.18. The molecule has 12 heteroatoms. The minimum atomic E-state index is -4.58. The number of hydrogen-bond acceptors (Lipinski definition) is 5. The van der Waals surface area contributed by atoms with E-state index >= 15 is 0 Å². The van der Waals surface area contributed by atoms with Crippen LogP contribution < -0.4 is 10.7 Å². The fourth-order valence-corrected chi connectivity index (χ4v) is 2.38. The second-order valence-corrected chi connectivity index (χ2v) is 5.83. The molecule has 0 bridgehead atoms. The van der Waals surface area contributed by atoms with E-state index in [4.69, 9.17) is 23.8 Å². The molecule has 0 spiro atoms. The highest BCUT2D eigenvalue weighted by atomic mass is 35.5. The smallest absolute Gasteiger partial charge is 0.418 e. The molecule has 0 unspecified atom stereocenters. The Bertz CT molecular complexity index is 922. The van der Waals surface area contributed by atoms with Crippen LogP contribution in [0, 0.1) is 10.1 Å². The van der Waals surface area contributed by atoms with Gasteiger partial charge in [0.1, 0.15) is 0 Å². The van der Waals surface area contributed by atoms with Crippen LogP contribution in [0.5, 0.6) is 5.75 Å². The number of alkyl halides is 3. The third kappa shape index (κ3) is 5.28. The lowest BCUT2D eigenvalue weighted by molar-refractivity contribution is -0.385. The Balaban J connectivity index is 2.13. The minimum Gasteiger partial charge on any atom is -0.502 e. The molecule has 0 aliphatic heterocycles. The van der Waals surface area contributed by atoms with Crippen molar-refractivity contribution in [2.75, 3.05) is 5.32 Å². The van der Waals surface area contributed by atoms with Crippen LogP contribution in [-0.4, -0.2) is 21.4 Å². The molecule has 2 aromatic carbocycles. The molecule has 0 amide bonds.